The number of carbonyl (C=O) groups excluding carboxylic acids is 1. The Hall–Kier alpha value is -1.09. The third-order valence-electron chi connectivity index (χ3n) is 4.31. The van der Waals surface area contributed by atoms with E-state index in [1.807, 2.05) is 0 Å². The lowest BCUT2D eigenvalue weighted by Gasteiger charge is -2.25. The number of nitrogens with one attached hydrogen (secondary N) is 1. The minimum atomic E-state index is -0.733. The molecule has 1 amide bonds. The molecule has 1 saturated carbocycles. The van der Waals surface area contributed by atoms with Gasteiger partial charge in [0.15, 0.2) is 0 Å². The first-order valence-electron chi connectivity index (χ1n) is 8.33. The quantitative estimate of drug-likeness (QED) is 0.474. The molecule has 0 atom stereocenters. The van der Waals surface area contributed by atoms with Gasteiger partial charge in [0.25, 0.3) is 0 Å². The highest BCUT2D eigenvalue weighted by Crippen LogP contribution is 2.24. The van der Waals surface area contributed by atoms with Gasteiger partial charge in [-0.15, -0.1) is 13.2 Å². The molecule has 3 heteroatoms. The molecule has 2 N–H and O–H groups in total. The van der Waals surface area contributed by atoms with Crippen LogP contribution in [-0.4, -0.2) is 22.7 Å². The lowest BCUT2D eigenvalue weighted by molar-refractivity contribution is -0.122. The summed E-state index contributed by atoms with van der Waals surface area (Å²) >= 11 is 0. The molecule has 120 valence electrons. The predicted octanol–water partition coefficient (Wildman–Crippen LogP) is 3.88. The standard InChI is InChI=1S/C18H31NO2/c1-3-13-18(21,14-4-2)15-9-8-12-17(20)19-16-10-6-5-7-11-16/h3-4,16,21H,1-2,5-15H2,(H,19,20). The minimum Gasteiger partial charge on any atom is -0.389 e. The van der Waals surface area contributed by atoms with E-state index in [-0.39, 0.29) is 5.91 Å². The molecule has 21 heavy (non-hydrogen) atoms. The molecule has 1 fully saturated rings. The summed E-state index contributed by atoms with van der Waals surface area (Å²) in [5.41, 5.74) is -0.733. The molecule has 0 spiro atoms. The number of carbonyl (C=O) groups is 1. The summed E-state index contributed by atoms with van der Waals surface area (Å²) in [5.74, 6) is 0.165. The van der Waals surface area contributed by atoms with E-state index in [1.54, 1.807) is 12.2 Å². The summed E-state index contributed by atoms with van der Waals surface area (Å²) in [4.78, 5) is 11.9. The molecule has 1 rings (SSSR count). The Morgan fingerprint density at radius 1 is 1.14 bits per heavy atom. The van der Waals surface area contributed by atoms with Crippen LogP contribution in [0.3, 0.4) is 0 Å². The van der Waals surface area contributed by atoms with Crippen LogP contribution in [0.2, 0.25) is 0 Å². The molecule has 1 aliphatic carbocycles. The Balaban J connectivity index is 2.17. The van der Waals surface area contributed by atoms with Gasteiger partial charge in [0.05, 0.1) is 5.60 Å². The van der Waals surface area contributed by atoms with Crippen LogP contribution < -0.4 is 5.32 Å². The summed E-state index contributed by atoms with van der Waals surface area (Å²) in [6.07, 6.45) is 13.6. The van der Waals surface area contributed by atoms with Gasteiger partial charge in [0, 0.05) is 12.5 Å². The maximum Gasteiger partial charge on any atom is 0.220 e. The summed E-state index contributed by atoms with van der Waals surface area (Å²) in [6.45, 7) is 7.38. The second kappa shape index (κ2) is 9.78. The van der Waals surface area contributed by atoms with E-state index < -0.39 is 5.60 Å². The first-order valence-corrected chi connectivity index (χ1v) is 8.33. The zero-order valence-electron chi connectivity index (χ0n) is 13.3. The highest BCUT2D eigenvalue weighted by Gasteiger charge is 2.23. The van der Waals surface area contributed by atoms with E-state index in [2.05, 4.69) is 18.5 Å². The smallest absolute Gasteiger partial charge is 0.220 e. The van der Waals surface area contributed by atoms with Crippen LogP contribution in [0.1, 0.15) is 70.6 Å². The maximum atomic E-state index is 11.9. The zero-order valence-corrected chi connectivity index (χ0v) is 13.3. The third kappa shape index (κ3) is 7.47. The summed E-state index contributed by atoms with van der Waals surface area (Å²) in [5, 5.41) is 13.5. The molecule has 0 aromatic heterocycles. The van der Waals surface area contributed by atoms with Crippen molar-refractivity contribution in [2.45, 2.75) is 82.3 Å². The number of aliphatic hydroxyl groups is 1. The van der Waals surface area contributed by atoms with Crippen molar-refractivity contribution in [3.8, 4) is 0 Å². The Labute approximate surface area is 129 Å². The van der Waals surface area contributed by atoms with Crippen molar-refractivity contribution in [2.24, 2.45) is 0 Å². The van der Waals surface area contributed by atoms with Crippen LogP contribution in [0, 0.1) is 0 Å². The monoisotopic (exact) mass is 293 g/mol. The molecule has 1 aliphatic rings. The van der Waals surface area contributed by atoms with Crippen LogP contribution in [-0.2, 0) is 4.79 Å². The lowest BCUT2D eigenvalue weighted by atomic mass is 9.89. The van der Waals surface area contributed by atoms with Gasteiger partial charge < -0.3 is 10.4 Å². The van der Waals surface area contributed by atoms with Gasteiger partial charge in [-0.2, -0.15) is 0 Å². The third-order valence-corrected chi connectivity index (χ3v) is 4.31. The second-order valence-corrected chi connectivity index (χ2v) is 6.32. The average molecular weight is 293 g/mol. The SMILES string of the molecule is C=CCC(O)(CC=C)CCCCC(=O)NC1CCCCC1. The molecular formula is C18H31NO2. The Bertz CT molecular complexity index is 322. The zero-order chi connectivity index (χ0) is 15.6. The molecule has 0 aromatic carbocycles. The fraction of sp³-hybridized carbons (Fsp3) is 0.722. The van der Waals surface area contributed by atoms with Crippen LogP contribution in [0.4, 0.5) is 0 Å². The van der Waals surface area contributed by atoms with Crippen molar-refractivity contribution < 1.29 is 9.90 Å². The van der Waals surface area contributed by atoms with Gasteiger partial charge in [-0.05, 0) is 38.5 Å². The molecule has 0 radical (unpaired) electrons. The number of hydrogen-bond donors (Lipinski definition) is 2. The van der Waals surface area contributed by atoms with Gasteiger partial charge in [0.2, 0.25) is 5.91 Å². The summed E-state index contributed by atoms with van der Waals surface area (Å²) < 4.78 is 0. The van der Waals surface area contributed by atoms with Gasteiger partial charge >= 0.3 is 0 Å². The molecule has 0 bridgehead atoms. The first kappa shape index (κ1) is 18.0. The Kier molecular flexibility index (Phi) is 8.36. The molecule has 0 heterocycles. The first-order chi connectivity index (χ1) is 10.1. The van der Waals surface area contributed by atoms with Crippen molar-refractivity contribution in [1.82, 2.24) is 5.32 Å². The van der Waals surface area contributed by atoms with E-state index in [1.165, 1.54) is 19.3 Å². The molecular weight excluding hydrogens is 262 g/mol. The van der Waals surface area contributed by atoms with E-state index >= 15 is 0 Å². The van der Waals surface area contributed by atoms with Gasteiger partial charge in [-0.1, -0.05) is 37.8 Å². The Morgan fingerprint density at radius 2 is 1.76 bits per heavy atom. The van der Waals surface area contributed by atoms with E-state index in [4.69, 9.17) is 0 Å². The van der Waals surface area contributed by atoms with Gasteiger partial charge in [-0.3, -0.25) is 4.79 Å². The highest BCUT2D eigenvalue weighted by atomic mass is 16.3. The molecule has 0 saturated heterocycles. The van der Waals surface area contributed by atoms with E-state index in [9.17, 15) is 9.90 Å². The largest absolute Gasteiger partial charge is 0.389 e. The average Bonchev–Trinajstić information content (AvgIpc) is 2.45. The fourth-order valence-corrected chi connectivity index (χ4v) is 3.11. The highest BCUT2D eigenvalue weighted by molar-refractivity contribution is 5.76. The molecule has 3 nitrogen and oxygen atoms in total. The Morgan fingerprint density at radius 3 is 2.33 bits per heavy atom. The maximum absolute atomic E-state index is 11.9. The van der Waals surface area contributed by atoms with Gasteiger partial charge in [-0.25, -0.2) is 0 Å². The number of rotatable bonds is 10. The van der Waals surface area contributed by atoms with Crippen LogP contribution in [0.15, 0.2) is 25.3 Å². The summed E-state index contributed by atoms with van der Waals surface area (Å²) in [6, 6.07) is 0.393. The molecule has 0 aromatic rings. The van der Waals surface area contributed by atoms with E-state index in [0.717, 1.165) is 25.7 Å². The molecule has 0 unspecified atom stereocenters. The van der Waals surface area contributed by atoms with Crippen LogP contribution in [0.5, 0.6) is 0 Å². The number of unbranched alkanes of at least 4 members (excludes halogenated alkanes) is 1. The van der Waals surface area contributed by atoms with E-state index in [0.29, 0.717) is 31.7 Å². The van der Waals surface area contributed by atoms with Crippen molar-refractivity contribution >= 4 is 5.91 Å². The second-order valence-electron chi connectivity index (χ2n) is 6.32. The topological polar surface area (TPSA) is 49.3 Å². The molecule has 0 aliphatic heterocycles. The number of hydrogen-bond acceptors (Lipinski definition) is 2. The lowest BCUT2D eigenvalue weighted by Crippen LogP contribution is -2.36. The number of amides is 1. The minimum absolute atomic E-state index is 0.165. The van der Waals surface area contributed by atoms with Crippen molar-refractivity contribution in [3.63, 3.8) is 0 Å². The predicted molar refractivity (Wildman–Crippen MR) is 88.1 cm³/mol. The van der Waals surface area contributed by atoms with Crippen molar-refractivity contribution in [2.75, 3.05) is 0 Å². The fourth-order valence-electron chi connectivity index (χ4n) is 3.11. The normalized spacial score (nSPS) is 16.4. The van der Waals surface area contributed by atoms with Gasteiger partial charge in [0.1, 0.15) is 0 Å². The van der Waals surface area contributed by atoms with Crippen LogP contribution in [0.25, 0.3) is 0 Å². The summed E-state index contributed by atoms with van der Waals surface area (Å²) in [7, 11) is 0. The van der Waals surface area contributed by atoms with Crippen LogP contribution >= 0.6 is 0 Å². The van der Waals surface area contributed by atoms with Crippen molar-refractivity contribution in [1.29, 1.82) is 0 Å². The van der Waals surface area contributed by atoms with Crippen molar-refractivity contribution in [3.05, 3.63) is 25.3 Å².